The van der Waals surface area contributed by atoms with E-state index in [0.29, 0.717) is 48.5 Å². The highest BCUT2D eigenvalue weighted by molar-refractivity contribution is 6.35. The lowest BCUT2D eigenvalue weighted by atomic mass is 9.91. The average molecular weight is 502 g/mol. The van der Waals surface area contributed by atoms with E-state index in [2.05, 4.69) is 15.6 Å². The molecule has 3 N–H and O–H groups in total. The van der Waals surface area contributed by atoms with Gasteiger partial charge in [-0.1, -0.05) is 12.1 Å². The van der Waals surface area contributed by atoms with Crippen molar-refractivity contribution in [2.45, 2.75) is 45.6 Å². The molecule has 1 amide bonds. The second-order valence-electron chi connectivity index (χ2n) is 9.21. The van der Waals surface area contributed by atoms with E-state index in [9.17, 15) is 18.8 Å². The molecule has 1 aliphatic heterocycles. The van der Waals surface area contributed by atoms with E-state index < -0.39 is 0 Å². The lowest BCUT2D eigenvalue weighted by Crippen LogP contribution is -2.12. The predicted molar refractivity (Wildman–Crippen MR) is 140 cm³/mol. The van der Waals surface area contributed by atoms with Gasteiger partial charge in [0.2, 0.25) is 0 Å². The van der Waals surface area contributed by atoms with Crippen LogP contribution in [-0.2, 0) is 33.7 Å². The van der Waals surface area contributed by atoms with Crippen LogP contribution in [0.1, 0.15) is 64.6 Å². The summed E-state index contributed by atoms with van der Waals surface area (Å²) in [5, 5.41) is 6.22. The van der Waals surface area contributed by atoms with Crippen LogP contribution in [0.25, 0.3) is 11.6 Å². The third-order valence-corrected chi connectivity index (χ3v) is 6.71. The van der Waals surface area contributed by atoms with E-state index in [1.165, 1.54) is 12.1 Å². The fourth-order valence-electron chi connectivity index (χ4n) is 4.93. The van der Waals surface area contributed by atoms with Gasteiger partial charge >= 0.3 is 5.97 Å². The molecule has 1 aromatic heterocycles. The van der Waals surface area contributed by atoms with Gasteiger partial charge in [-0.05, 0) is 73.7 Å². The molecule has 0 spiro atoms. The smallest absolute Gasteiger partial charge is 0.306 e. The number of hydrogen-bond acceptors (Lipinski definition) is 5. The first-order chi connectivity index (χ1) is 17.9. The summed E-state index contributed by atoms with van der Waals surface area (Å²) in [6.07, 6.45) is 4.27. The highest BCUT2D eigenvalue weighted by Gasteiger charge is 2.29. The van der Waals surface area contributed by atoms with Crippen molar-refractivity contribution in [1.29, 1.82) is 0 Å². The van der Waals surface area contributed by atoms with Crippen LogP contribution < -0.4 is 10.6 Å². The van der Waals surface area contributed by atoms with Gasteiger partial charge < -0.3 is 20.4 Å². The van der Waals surface area contributed by atoms with E-state index in [4.69, 9.17) is 4.74 Å². The van der Waals surface area contributed by atoms with Crippen molar-refractivity contribution in [3.63, 3.8) is 0 Å². The molecule has 0 unspecified atom stereocenters. The quantitative estimate of drug-likeness (QED) is 0.288. The maximum atomic E-state index is 13.2. The Labute approximate surface area is 214 Å². The molecule has 2 heterocycles. The van der Waals surface area contributed by atoms with Crippen LogP contribution in [0.2, 0.25) is 0 Å². The number of hydrogen-bond donors (Lipinski definition) is 3. The number of amides is 1. The Morgan fingerprint density at radius 2 is 1.95 bits per heavy atom. The van der Waals surface area contributed by atoms with Crippen molar-refractivity contribution in [1.82, 2.24) is 4.98 Å². The fraction of sp³-hybridized carbons (Fsp3) is 0.276. The number of anilines is 2. The minimum absolute atomic E-state index is 0.0598. The van der Waals surface area contributed by atoms with Gasteiger partial charge in [0.25, 0.3) is 5.91 Å². The number of aryl methyl sites for hydroxylation is 1. The van der Waals surface area contributed by atoms with Gasteiger partial charge in [-0.25, -0.2) is 4.39 Å². The maximum Gasteiger partial charge on any atom is 0.306 e. The Hall–Kier alpha value is -4.20. The van der Waals surface area contributed by atoms with Gasteiger partial charge in [-0.3, -0.25) is 14.4 Å². The van der Waals surface area contributed by atoms with Crippen molar-refractivity contribution in [2.75, 3.05) is 17.2 Å². The van der Waals surface area contributed by atoms with Gasteiger partial charge in [0.05, 0.1) is 12.2 Å². The summed E-state index contributed by atoms with van der Waals surface area (Å²) in [6, 6.07) is 11.9. The Bertz CT molecular complexity index is 1410. The number of nitrogens with one attached hydrogen (secondary N) is 3. The minimum Gasteiger partial charge on any atom is -0.466 e. The standard InChI is InChI=1S/C29H28FN3O4/c1-2-37-27(35)13-11-20-25(32-24-4-3-5-26(34)28(20)24)15-22-21-14-19(10-12-23(21)33-29(22)36)31-16-17-6-8-18(30)9-7-17/h6-10,12,14-15,31-32H,2-5,11,13,16H2,1H3,(H,33,36)/b22-15-. The van der Waals surface area contributed by atoms with Gasteiger partial charge in [-0.2, -0.15) is 0 Å². The largest absolute Gasteiger partial charge is 0.466 e. The van der Waals surface area contributed by atoms with Gasteiger partial charge in [0.15, 0.2) is 5.78 Å². The zero-order chi connectivity index (χ0) is 25.9. The first kappa shape index (κ1) is 24.5. The maximum absolute atomic E-state index is 13.2. The van der Waals surface area contributed by atoms with E-state index in [0.717, 1.165) is 40.9 Å². The number of esters is 1. The molecule has 0 bridgehead atoms. The number of carbonyl (C=O) groups is 3. The number of aromatic nitrogens is 1. The van der Waals surface area contributed by atoms with Crippen molar-refractivity contribution in [2.24, 2.45) is 0 Å². The number of ether oxygens (including phenoxy) is 1. The lowest BCUT2D eigenvalue weighted by Gasteiger charge is -2.11. The van der Waals surface area contributed by atoms with Crippen LogP contribution in [0.5, 0.6) is 0 Å². The van der Waals surface area contributed by atoms with Crippen LogP contribution in [0.15, 0.2) is 42.5 Å². The second-order valence-corrected chi connectivity index (χ2v) is 9.21. The number of Topliss-reactive ketones (excluding diaryl/α,β-unsaturated/α-hetero) is 1. The third-order valence-electron chi connectivity index (χ3n) is 6.71. The van der Waals surface area contributed by atoms with Gasteiger partial charge in [0, 0.05) is 53.3 Å². The molecule has 0 saturated heterocycles. The van der Waals surface area contributed by atoms with E-state index in [-0.39, 0.29) is 29.9 Å². The SMILES string of the molecule is CCOC(=O)CCc1c(/C=C2\C(=O)Nc3ccc(NCc4ccc(F)cc4)cc32)[nH]c2c1C(=O)CCC2. The number of H-pyrrole nitrogens is 1. The first-order valence-corrected chi connectivity index (χ1v) is 12.5. The van der Waals surface area contributed by atoms with E-state index >= 15 is 0 Å². The molecule has 0 radical (unpaired) electrons. The third kappa shape index (κ3) is 5.18. The summed E-state index contributed by atoms with van der Waals surface area (Å²) < 4.78 is 18.3. The average Bonchev–Trinajstić information content (AvgIpc) is 3.40. The number of benzene rings is 2. The van der Waals surface area contributed by atoms with Crippen LogP contribution in [0, 0.1) is 5.82 Å². The summed E-state index contributed by atoms with van der Waals surface area (Å²) in [5.41, 5.74) is 6.59. The highest BCUT2D eigenvalue weighted by atomic mass is 19.1. The Balaban J connectivity index is 1.46. The molecule has 0 atom stereocenters. The molecule has 3 aromatic rings. The zero-order valence-corrected chi connectivity index (χ0v) is 20.6. The van der Waals surface area contributed by atoms with Crippen LogP contribution >= 0.6 is 0 Å². The van der Waals surface area contributed by atoms with Crippen LogP contribution in [0.4, 0.5) is 15.8 Å². The minimum atomic E-state index is -0.319. The number of halogens is 1. The van der Waals surface area contributed by atoms with Crippen molar-refractivity contribution in [3.05, 3.63) is 81.9 Å². The summed E-state index contributed by atoms with van der Waals surface area (Å²) in [5.74, 6) is -0.777. The summed E-state index contributed by atoms with van der Waals surface area (Å²) in [6.45, 7) is 2.56. The molecule has 8 heteroatoms. The van der Waals surface area contributed by atoms with Crippen LogP contribution in [-0.4, -0.2) is 29.3 Å². The van der Waals surface area contributed by atoms with Crippen LogP contribution in [0.3, 0.4) is 0 Å². The monoisotopic (exact) mass is 501 g/mol. The predicted octanol–water partition coefficient (Wildman–Crippen LogP) is 5.27. The molecule has 5 rings (SSSR count). The molecule has 2 aromatic carbocycles. The highest BCUT2D eigenvalue weighted by Crippen LogP contribution is 2.37. The molecule has 2 aliphatic rings. The summed E-state index contributed by atoms with van der Waals surface area (Å²) in [7, 11) is 0. The van der Waals surface area contributed by atoms with E-state index in [1.807, 2.05) is 18.2 Å². The number of aromatic amines is 1. The second kappa shape index (κ2) is 10.4. The number of ketones is 1. The topological polar surface area (TPSA) is 100 Å². The fourth-order valence-corrected chi connectivity index (χ4v) is 4.93. The van der Waals surface area contributed by atoms with Gasteiger partial charge in [0.1, 0.15) is 5.82 Å². The molecule has 0 saturated carbocycles. The van der Waals surface area contributed by atoms with Crippen molar-refractivity contribution < 1.29 is 23.5 Å². The molecular formula is C29H28FN3O4. The lowest BCUT2D eigenvalue weighted by molar-refractivity contribution is -0.143. The Morgan fingerprint density at radius 3 is 2.73 bits per heavy atom. The number of rotatable bonds is 8. The molecular weight excluding hydrogens is 473 g/mol. The van der Waals surface area contributed by atoms with E-state index in [1.54, 1.807) is 25.1 Å². The van der Waals surface area contributed by atoms with Crippen molar-refractivity contribution >= 4 is 40.7 Å². The van der Waals surface area contributed by atoms with Gasteiger partial charge in [-0.15, -0.1) is 0 Å². The Morgan fingerprint density at radius 1 is 1.14 bits per heavy atom. The molecule has 37 heavy (non-hydrogen) atoms. The normalized spacial score (nSPS) is 15.4. The molecule has 1 aliphatic carbocycles. The Kier molecular flexibility index (Phi) is 6.90. The van der Waals surface area contributed by atoms with Crippen molar-refractivity contribution in [3.8, 4) is 0 Å². The first-order valence-electron chi connectivity index (χ1n) is 12.5. The molecule has 190 valence electrons. The molecule has 7 nitrogen and oxygen atoms in total. The number of carbonyl (C=O) groups excluding carboxylic acids is 3. The summed E-state index contributed by atoms with van der Waals surface area (Å²) >= 11 is 0. The molecule has 0 fully saturated rings. The zero-order valence-electron chi connectivity index (χ0n) is 20.6. The summed E-state index contributed by atoms with van der Waals surface area (Å²) in [4.78, 5) is 41.1. The number of fused-ring (bicyclic) bond motifs is 2.